The number of aryl methyl sites for hydroxylation is 1. The van der Waals surface area contributed by atoms with Crippen molar-refractivity contribution in [3.63, 3.8) is 0 Å². The molecule has 0 bridgehead atoms. The Hall–Kier alpha value is -2.51. The number of carboxylic acids is 1. The van der Waals surface area contributed by atoms with Crippen molar-refractivity contribution in [3.05, 3.63) is 23.8 Å². The highest BCUT2D eigenvalue weighted by molar-refractivity contribution is 5.93. The molecule has 0 aliphatic heterocycles. The van der Waals surface area contributed by atoms with Gasteiger partial charge in [-0.25, -0.2) is 14.3 Å². The second kappa shape index (κ2) is 5.01. The highest BCUT2D eigenvalue weighted by Gasteiger charge is 2.21. The van der Waals surface area contributed by atoms with Gasteiger partial charge in [-0.3, -0.25) is 4.79 Å². The highest BCUT2D eigenvalue weighted by Crippen LogP contribution is 2.02. The second-order valence-corrected chi connectivity index (χ2v) is 4.01. The molecular weight excluding hydrogens is 250 g/mol. The van der Waals surface area contributed by atoms with E-state index in [-0.39, 0.29) is 12.2 Å². The topological polar surface area (TPSA) is 109 Å². The Morgan fingerprint density at radius 2 is 2.26 bits per heavy atom. The molecule has 100 valence electrons. The number of carbonyl (C=O) groups excluding carboxylic acids is 1. The minimum Gasteiger partial charge on any atom is -0.480 e. The van der Waals surface area contributed by atoms with E-state index in [1.165, 1.54) is 4.52 Å². The maximum Gasteiger partial charge on any atom is 0.326 e. The molecule has 2 aromatic rings. The smallest absolute Gasteiger partial charge is 0.326 e. The van der Waals surface area contributed by atoms with E-state index in [9.17, 15) is 9.59 Å². The fourth-order valence-electron chi connectivity index (χ4n) is 1.56. The van der Waals surface area contributed by atoms with Gasteiger partial charge in [-0.1, -0.05) is 6.92 Å². The van der Waals surface area contributed by atoms with Gasteiger partial charge in [-0.15, -0.1) is 5.10 Å². The minimum atomic E-state index is -1.09. The number of rotatable bonds is 4. The van der Waals surface area contributed by atoms with Crippen molar-refractivity contribution >= 4 is 17.7 Å². The van der Waals surface area contributed by atoms with Gasteiger partial charge in [0.15, 0.2) is 0 Å². The molecule has 0 aliphatic rings. The van der Waals surface area contributed by atoms with E-state index in [0.29, 0.717) is 5.78 Å². The van der Waals surface area contributed by atoms with E-state index in [4.69, 9.17) is 5.11 Å². The van der Waals surface area contributed by atoms with Crippen LogP contribution in [-0.2, 0) is 4.79 Å². The van der Waals surface area contributed by atoms with Crippen LogP contribution in [0.3, 0.4) is 0 Å². The molecule has 8 heteroatoms. The van der Waals surface area contributed by atoms with Gasteiger partial charge in [0.1, 0.15) is 6.04 Å². The van der Waals surface area contributed by atoms with Gasteiger partial charge in [0.05, 0.1) is 0 Å². The molecule has 0 fully saturated rings. The van der Waals surface area contributed by atoms with Crippen molar-refractivity contribution in [3.8, 4) is 0 Å². The first kappa shape index (κ1) is 12.9. The Balaban J connectivity index is 2.27. The lowest BCUT2D eigenvalue weighted by molar-refractivity contribution is -0.139. The van der Waals surface area contributed by atoms with Gasteiger partial charge in [-0.2, -0.15) is 4.98 Å². The lowest BCUT2D eigenvalue weighted by Crippen LogP contribution is -2.40. The van der Waals surface area contributed by atoms with E-state index in [2.05, 4.69) is 20.4 Å². The summed E-state index contributed by atoms with van der Waals surface area (Å²) in [5.74, 6) is -1.51. The Bertz CT molecular complexity index is 636. The van der Waals surface area contributed by atoms with Crippen LogP contribution in [0.15, 0.2) is 12.3 Å². The van der Waals surface area contributed by atoms with E-state index in [1.54, 1.807) is 26.1 Å². The number of hydrogen-bond donors (Lipinski definition) is 2. The van der Waals surface area contributed by atoms with Crippen LogP contribution in [-0.4, -0.2) is 42.6 Å². The molecule has 2 rings (SSSR count). The van der Waals surface area contributed by atoms with Gasteiger partial charge >= 0.3 is 5.97 Å². The van der Waals surface area contributed by atoms with Crippen molar-refractivity contribution in [2.45, 2.75) is 26.3 Å². The molecule has 8 nitrogen and oxygen atoms in total. The molecule has 0 unspecified atom stereocenters. The molecule has 0 saturated heterocycles. The van der Waals surface area contributed by atoms with Crippen LogP contribution in [0.1, 0.15) is 29.7 Å². The van der Waals surface area contributed by atoms with Crippen LogP contribution in [0.2, 0.25) is 0 Å². The zero-order valence-corrected chi connectivity index (χ0v) is 10.5. The molecule has 0 saturated carbocycles. The van der Waals surface area contributed by atoms with Crippen LogP contribution < -0.4 is 5.32 Å². The lowest BCUT2D eigenvalue weighted by Gasteiger charge is -2.09. The summed E-state index contributed by atoms with van der Waals surface area (Å²) in [7, 11) is 0. The van der Waals surface area contributed by atoms with Crippen molar-refractivity contribution in [1.82, 2.24) is 24.9 Å². The van der Waals surface area contributed by atoms with E-state index >= 15 is 0 Å². The Morgan fingerprint density at radius 3 is 2.84 bits per heavy atom. The van der Waals surface area contributed by atoms with Gasteiger partial charge in [0.2, 0.25) is 5.82 Å². The summed E-state index contributed by atoms with van der Waals surface area (Å²) < 4.78 is 1.43. The number of nitrogens with one attached hydrogen (secondary N) is 1. The first-order chi connectivity index (χ1) is 9.02. The summed E-state index contributed by atoms with van der Waals surface area (Å²) in [6.07, 6.45) is 1.85. The van der Waals surface area contributed by atoms with E-state index < -0.39 is 17.9 Å². The predicted octanol–water partition coefficient (Wildman–Crippen LogP) is 0.0257. The predicted molar refractivity (Wildman–Crippen MR) is 64.7 cm³/mol. The monoisotopic (exact) mass is 263 g/mol. The van der Waals surface area contributed by atoms with Crippen LogP contribution in [0.4, 0.5) is 0 Å². The van der Waals surface area contributed by atoms with Crippen LogP contribution >= 0.6 is 0 Å². The molecule has 1 amide bonds. The summed E-state index contributed by atoms with van der Waals surface area (Å²) in [6, 6.07) is 0.781. The molecule has 0 radical (unpaired) electrons. The Kier molecular flexibility index (Phi) is 3.41. The standard InChI is InChI=1S/C11H13N5O3/c1-3-7(10(18)19)13-9(17)8-14-11-12-5-4-6(2)16(11)15-8/h4-5,7H,3H2,1-2H3,(H,13,17)(H,18,19)/t7-/m1/s1. The third-order valence-electron chi connectivity index (χ3n) is 2.64. The molecule has 0 spiro atoms. The normalized spacial score (nSPS) is 12.3. The fourth-order valence-corrected chi connectivity index (χ4v) is 1.56. The van der Waals surface area contributed by atoms with Crippen molar-refractivity contribution < 1.29 is 14.7 Å². The van der Waals surface area contributed by atoms with Gasteiger partial charge in [0.25, 0.3) is 11.7 Å². The maximum atomic E-state index is 11.9. The van der Waals surface area contributed by atoms with Gasteiger partial charge in [-0.05, 0) is 19.4 Å². The lowest BCUT2D eigenvalue weighted by atomic mass is 10.2. The second-order valence-electron chi connectivity index (χ2n) is 4.01. The number of aromatic nitrogens is 4. The average molecular weight is 263 g/mol. The highest BCUT2D eigenvalue weighted by atomic mass is 16.4. The van der Waals surface area contributed by atoms with Crippen LogP contribution in [0.5, 0.6) is 0 Å². The molecule has 2 heterocycles. The summed E-state index contributed by atoms with van der Waals surface area (Å²) in [6.45, 7) is 3.47. The Labute approximate surface area is 108 Å². The van der Waals surface area contributed by atoms with Crippen LogP contribution in [0, 0.1) is 6.92 Å². The average Bonchev–Trinajstić information content (AvgIpc) is 2.80. The summed E-state index contributed by atoms with van der Waals surface area (Å²) in [5, 5.41) is 15.2. The first-order valence-electron chi connectivity index (χ1n) is 5.75. The number of amides is 1. The zero-order chi connectivity index (χ0) is 14.0. The number of hydrogen-bond acceptors (Lipinski definition) is 5. The number of fused-ring (bicyclic) bond motifs is 1. The largest absolute Gasteiger partial charge is 0.480 e. The molecule has 19 heavy (non-hydrogen) atoms. The van der Waals surface area contributed by atoms with Gasteiger partial charge in [0, 0.05) is 11.9 Å². The van der Waals surface area contributed by atoms with Gasteiger partial charge < -0.3 is 10.4 Å². The first-order valence-corrected chi connectivity index (χ1v) is 5.75. The van der Waals surface area contributed by atoms with Crippen LogP contribution in [0.25, 0.3) is 5.78 Å². The van der Waals surface area contributed by atoms with Crippen molar-refractivity contribution in [2.24, 2.45) is 0 Å². The fraction of sp³-hybridized carbons (Fsp3) is 0.364. The van der Waals surface area contributed by atoms with E-state index in [0.717, 1.165) is 5.69 Å². The third kappa shape index (κ3) is 2.51. The van der Waals surface area contributed by atoms with Crippen molar-refractivity contribution in [1.29, 1.82) is 0 Å². The number of carboxylic acid groups (broad SMARTS) is 1. The number of nitrogens with zero attached hydrogens (tertiary/aromatic N) is 4. The van der Waals surface area contributed by atoms with Crippen molar-refractivity contribution in [2.75, 3.05) is 0 Å². The SMILES string of the molecule is CC[C@@H](NC(=O)c1nc2nccc(C)n2n1)C(=O)O. The molecule has 0 aromatic carbocycles. The quantitative estimate of drug-likeness (QED) is 0.805. The minimum absolute atomic E-state index is 0.0958. The molecule has 2 N–H and O–H groups in total. The number of aliphatic carboxylic acids is 1. The Morgan fingerprint density at radius 1 is 1.53 bits per heavy atom. The summed E-state index contributed by atoms with van der Waals surface area (Å²) in [4.78, 5) is 30.6. The molecule has 2 aromatic heterocycles. The molecule has 1 atom stereocenters. The summed E-state index contributed by atoms with van der Waals surface area (Å²) in [5.41, 5.74) is 0.779. The van der Waals surface area contributed by atoms with E-state index in [1.807, 2.05) is 0 Å². The maximum absolute atomic E-state index is 11.9. The zero-order valence-electron chi connectivity index (χ0n) is 10.5. The number of carbonyl (C=O) groups is 2. The molecule has 0 aliphatic carbocycles. The molecular formula is C11H13N5O3. The summed E-state index contributed by atoms with van der Waals surface area (Å²) >= 11 is 0. The third-order valence-corrected chi connectivity index (χ3v) is 2.64.